The molecule has 7 rings (SSSR count). The minimum Gasteiger partial charge on any atom is -0.369 e. The number of likely N-dealkylation sites (N-methyl/N-ethyl adjacent to an activating group) is 1. The molecule has 40 heavy (non-hydrogen) atoms. The van der Waals surface area contributed by atoms with E-state index in [9.17, 15) is 4.79 Å². The van der Waals surface area contributed by atoms with Crippen LogP contribution in [0, 0.1) is 0 Å². The van der Waals surface area contributed by atoms with Crippen LogP contribution in [0.15, 0.2) is 59.5 Å². The van der Waals surface area contributed by atoms with Gasteiger partial charge in [-0.1, -0.05) is 24.3 Å². The van der Waals surface area contributed by atoms with Gasteiger partial charge in [0.05, 0.1) is 12.2 Å². The van der Waals surface area contributed by atoms with Gasteiger partial charge in [0.25, 0.3) is 5.56 Å². The van der Waals surface area contributed by atoms with Crippen LogP contribution in [-0.4, -0.2) is 49.4 Å². The summed E-state index contributed by atoms with van der Waals surface area (Å²) in [5.41, 5.74) is 4.73. The fraction of sp³-hybridized carbons (Fsp3) is 0.419. The number of fused-ring (bicyclic) bond motifs is 8. The van der Waals surface area contributed by atoms with Gasteiger partial charge in [0.2, 0.25) is 5.95 Å². The maximum Gasteiger partial charge on any atom is 0.278 e. The Hall–Kier alpha value is -3.82. The molecule has 3 aromatic heterocycles. The minimum absolute atomic E-state index is 0.143. The van der Waals surface area contributed by atoms with Crippen molar-refractivity contribution in [2.45, 2.75) is 63.6 Å². The first-order valence-corrected chi connectivity index (χ1v) is 14.2. The second-order valence-corrected chi connectivity index (χ2v) is 11.9. The van der Waals surface area contributed by atoms with E-state index < -0.39 is 5.60 Å². The molecule has 206 valence electrons. The van der Waals surface area contributed by atoms with Gasteiger partial charge in [-0.3, -0.25) is 4.79 Å². The molecule has 0 saturated heterocycles. The van der Waals surface area contributed by atoms with Gasteiger partial charge in [0.15, 0.2) is 11.5 Å². The van der Waals surface area contributed by atoms with Crippen LogP contribution in [0.5, 0.6) is 0 Å². The molecule has 0 atom stereocenters. The molecule has 2 aliphatic heterocycles. The van der Waals surface area contributed by atoms with Gasteiger partial charge in [0.1, 0.15) is 11.0 Å². The Kier molecular flexibility index (Phi) is 5.90. The number of rotatable bonds is 2. The lowest BCUT2D eigenvalue weighted by Gasteiger charge is -2.32. The Balaban J connectivity index is 1.31. The lowest BCUT2D eigenvalue weighted by atomic mass is 9.87. The summed E-state index contributed by atoms with van der Waals surface area (Å²) in [4.78, 5) is 30.3. The Morgan fingerprint density at radius 2 is 1.95 bits per heavy atom. The lowest BCUT2D eigenvalue weighted by molar-refractivity contribution is -0.0255. The smallest absolute Gasteiger partial charge is 0.278 e. The van der Waals surface area contributed by atoms with Crippen LogP contribution in [0.2, 0.25) is 0 Å². The first kappa shape index (κ1) is 25.2. The maximum absolute atomic E-state index is 13.6. The number of nitrogens with one attached hydrogen (secondary N) is 1. The zero-order valence-electron chi connectivity index (χ0n) is 23.4. The molecule has 0 unspecified atom stereocenters. The van der Waals surface area contributed by atoms with E-state index in [-0.39, 0.29) is 5.56 Å². The molecule has 0 radical (unpaired) electrons. The fourth-order valence-electron chi connectivity index (χ4n) is 6.23. The highest BCUT2D eigenvalue weighted by Gasteiger charge is 2.48. The van der Waals surface area contributed by atoms with Crippen LogP contribution >= 0.6 is 0 Å². The Bertz CT molecular complexity index is 1700. The van der Waals surface area contributed by atoms with Gasteiger partial charge in [-0.2, -0.15) is 4.98 Å². The summed E-state index contributed by atoms with van der Waals surface area (Å²) in [6.45, 7) is 7.18. The quantitative estimate of drug-likeness (QED) is 0.368. The Labute approximate surface area is 233 Å². The molecule has 1 fully saturated rings. The fourth-order valence-corrected chi connectivity index (χ4v) is 6.23. The number of ether oxygens (including phenoxy) is 1. The van der Waals surface area contributed by atoms with E-state index in [0.29, 0.717) is 41.4 Å². The van der Waals surface area contributed by atoms with Gasteiger partial charge < -0.3 is 15.0 Å². The van der Waals surface area contributed by atoms with Crippen molar-refractivity contribution in [3.05, 3.63) is 81.9 Å². The molecule has 1 N–H and O–H groups in total. The van der Waals surface area contributed by atoms with E-state index in [4.69, 9.17) is 14.7 Å². The van der Waals surface area contributed by atoms with E-state index in [1.807, 2.05) is 42.8 Å². The minimum atomic E-state index is -0.566. The highest BCUT2D eigenvalue weighted by atomic mass is 16.5. The molecule has 9 nitrogen and oxygen atoms in total. The van der Waals surface area contributed by atoms with E-state index >= 15 is 0 Å². The number of hydrogen-bond acceptors (Lipinski definition) is 7. The van der Waals surface area contributed by atoms with Crippen LogP contribution < -0.4 is 10.9 Å². The van der Waals surface area contributed by atoms with E-state index in [1.165, 1.54) is 24.0 Å². The summed E-state index contributed by atoms with van der Waals surface area (Å²) in [6.07, 6.45) is 10.0. The van der Waals surface area contributed by atoms with E-state index in [0.717, 1.165) is 37.3 Å². The van der Waals surface area contributed by atoms with Crippen molar-refractivity contribution in [2.24, 2.45) is 0 Å². The first-order valence-electron chi connectivity index (χ1n) is 14.2. The van der Waals surface area contributed by atoms with Crippen molar-refractivity contribution >= 4 is 22.7 Å². The second kappa shape index (κ2) is 9.38. The summed E-state index contributed by atoms with van der Waals surface area (Å²) in [7, 11) is 2.19. The van der Waals surface area contributed by atoms with Crippen LogP contribution in [-0.2, 0) is 28.8 Å². The molecule has 9 heteroatoms. The van der Waals surface area contributed by atoms with Crippen molar-refractivity contribution in [1.82, 2.24) is 29.2 Å². The number of nitrogens with zero attached hydrogens (tertiary/aromatic N) is 6. The summed E-state index contributed by atoms with van der Waals surface area (Å²) in [5.74, 6) is 1.06. The van der Waals surface area contributed by atoms with Crippen LogP contribution in [0.3, 0.4) is 0 Å². The highest BCUT2D eigenvalue weighted by Crippen LogP contribution is 2.52. The number of pyridine rings is 1. The Morgan fingerprint density at radius 1 is 1.07 bits per heavy atom. The van der Waals surface area contributed by atoms with Gasteiger partial charge in [-0.15, -0.1) is 0 Å². The predicted molar refractivity (Wildman–Crippen MR) is 155 cm³/mol. The average molecular weight is 538 g/mol. The largest absolute Gasteiger partial charge is 0.369 e. The van der Waals surface area contributed by atoms with Gasteiger partial charge >= 0.3 is 0 Å². The summed E-state index contributed by atoms with van der Waals surface area (Å²) >= 11 is 0. The maximum atomic E-state index is 13.6. The third-order valence-corrected chi connectivity index (χ3v) is 8.47. The summed E-state index contributed by atoms with van der Waals surface area (Å²) < 4.78 is 9.69. The molecule has 5 heterocycles. The standard InChI is InChI=1S/C31H35N7O2/c1-30(2)25-9-8-10-26(34-25)38-27-23(28(39)37(38)15-6-4-5-7-16-40-30)18-32-29(35-27)33-22-11-12-24-21(17-22)19-36(3)20-31(24)13-14-31/h4,6,8-12,17-18H,5,7,13-16,19-20H2,1-3H3,(H,32,33,35). The van der Waals surface area contributed by atoms with Crippen molar-refractivity contribution in [3.63, 3.8) is 0 Å². The van der Waals surface area contributed by atoms with Crippen LogP contribution in [0.4, 0.5) is 11.6 Å². The number of allylic oxidation sites excluding steroid dienone is 2. The third kappa shape index (κ3) is 4.33. The second-order valence-electron chi connectivity index (χ2n) is 11.9. The number of aromatic nitrogens is 5. The molecular weight excluding hydrogens is 502 g/mol. The van der Waals surface area contributed by atoms with Crippen molar-refractivity contribution in [3.8, 4) is 5.82 Å². The molecule has 1 spiro atoms. The molecular formula is C31H35N7O2. The van der Waals surface area contributed by atoms with Gasteiger partial charge in [0, 0.05) is 37.0 Å². The summed E-state index contributed by atoms with van der Waals surface area (Å²) in [5, 5.41) is 3.86. The first-order chi connectivity index (χ1) is 19.3. The normalized spacial score (nSPS) is 19.8. The zero-order chi connectivity index (χ0) is 27.5. The number of hydrogen-bond donors (Lipinski definition) is 1. The summed E-state index contributed by atoms with van der Waals surface area (Å²) in [6, 6.07) is 12.4. The monoisotopic (exact) mass is 537 g/mol. The molecule has 2 bridgehead atoms. The average Bonchev–Trinajstić information content (AvgIpc) is 3.63. The molecule has 1 aromatic carbocycles. The van der Waals surface area contributed by atoms with Gasteiger partial charge in [-0.05, 0) is 82.0 Å². The number of benzene rings is 1. The molecule has 1 saturated carbocycles. The van der Waals surface area contributed by atoms with Gasteiger partial charge in [-0.25, -0.2) is 19.3 Å². The SMILES string of the molecule is CN1Cc2cc(Nc3ncc4c(=O)n5n(c4n3)-c3cccc(n3)C(C)(C)OCCCC=CC5)ccc2C2(CC2)C1. The molecule has 3 aliphatic rings. The number of anilines is 2. The third-order valence-electron chi connectivity index (χ3n) is 8.47. The van der Waals surface area contributed by atoms with Crippen molar-refractivity contribution < 1.29 is 4.74 Å². The highest BCUT2D eigenvalue weighted by molar-refractivity contribution is 5.77. The Morgan fingerprint density at radius 3 is 2.80 bits per heavy atom. The van der Waals surface area contributed by atoms with Crippen molar-refractivity contribution in [1.29, 1.82) is 0 Å². The topological polar surface area (TPSA) is 90.1 Å². The molecule has 1 aliphatic carbocycles. The van der Waals surface area contributed by atoms with Crippen molar-refractivity contribution in [2.75, 3.05) is 25.5 Å². The lowest BCUT2D eigenvalue weighted by Crippen LogP contribution is -2.35. The zero-order valence-corrected chi connectivity index (χ0v) is 23.4. The van der Waals surface area contributed by atoms with E-state index in [2.05, 4.69) is 46.5 Å². The van der Waals surface area contributed by atoms with Crippen LogP contribution in [0.1, 0.15) is 56.4 Å². The van der Waals surface area contributed by atoms with Crippen LogP contribution in [0.25, 0.3) is 16.9 Å². The molecule has 4 aromatic rings. The molecule has 0 amide bonds. The van der Waals surface area contributed by atoms with E-state index in [1.54, 1.807) is 10.9 Å². The predicted octanol–water partition coefficient (Wildman–Crippen LogP) is 4.80.